The molecule has 0 fully saturated rings. The van der Waals surface area contributed by atoms with E-state index in [1.807, 2.05) is 0 Å². The van der Waals surface area contributed by atoms with E-state index in [0.717, 1.165) is 0 Å². The Hall–Kier alpha value is -0.750. The van der Waals surface area contributed by atoms with E-state index in [9.17, 15) is 13.6 Å². The molecule has 0 radical (unpaired) electrons. The molecule has 1 unspecified atom stereocenters. The van der Waals surface area contributed by atoms with Crippen LogP contribution in [0.1, 0.15) is 13.3 Å². The molecular formula is C8H16F2N2O2. The van der Waals surface area contributed by atoms with E-state index < -0.39 is 12.5 Å². The second kappa shape index (κ2) is 7.64. The van der Waals surface area contributed by atoms with Gasteiger partial charge in [0.05, 0.1) is 0 Å². The number of amides is 1. The van der Waals surface area contributed by atoms with Crippen LogP contribution >= 0.6 is 0 Å². The lowest BCUT2D eigenvalue weighted by molar-refractivity contribution is -0.120. The molecule has 0 aliphatic rings. The first kappa shape index (κ1) is 13.2. The van der Waals surface area contributed by atoms with Crippen LogP contribution in [0.5, 0.6) is 0 Å². The van der Waals surface area contributed by atoms with Crippen molar-refractivity contribution >= 4 is 5.91 Å². The summed E-state index contributed by atoms with van der Waals surface area (Å²) in [7, 11) is 0. The summed E-state index contributed by atoms with van der Waals surface area (Å²) in [6.07, 6.45) is -4.18. The highest BCUT2D eigenvalue weighted by Gasteiger charge is 2.15. The normalized spacial score (nSPS) is 12.9. The highest BCUT2D eigenvalue weighted by Crippen LogP contribution is 1.98. The fraction of sp³-hybridized carbons (Fsp3) is 0.875. The van der Waals surface area contributed by atoms with Gasteiger partial charge in [-0.2, -0.15) is 0 Å². The Kier molecular flexibility index (Phi) is 7.23. The summed E-state index contributed by atoms with van der Waals surface area (Å²) in [4.78, 5) is 10.9. The summed E-state index contributed by atoms with van der Waals surface area (Å²) in [6.45, 7) is 2.44. The van der Waals surface area contributed by atoms with Gasteiger partial charge in [0.1, 0.15) is 6.10 Å². The Morgan fingerprint density at radius 3 is 2.64 bits per heavy atom. The molecule has 0 saturated heterocycles. The lowest BCUT2D eigenvalue weighted by Gasteiger charge is -2.10. The number of aliphatic hydroxyl groups is 1. The summed E-state index contributed by atoms with van der Waals surface area (Å²) in [5.41, 5.74) is 0. The van der Waals surface area contributed by atoms with E-state index in [2.05, 4.69) is 10.6 Å². The van der Waals surface area contributed by atoms with Crippen molar-refractivity contribution in [1.29, 1.82) is 0 Å². The zero-order valence-corrected chi connectivity index (χ0v) is 8.09. The van der Waals surface area contributed by atoms with Gasteiger partial charge in [-0.1, -0.05) is 0 Å². The van der Waals surface area contributed by atoms with Gasteiger partial charge >= 0.3 is 0 Å². The van der Waals surface area contributed by atoms with E-state index in [4.69, 9.17) is 5.11 Å². The highest BCUT2D eigenvalue weighted by atomic mass is 19.3. The predicted molar refractivity (Wildman–Crippen MR) is 48.2 cm³/mol. The summed E-state index contributed by atoms with van der Waals surface area (Å²) in [5, 5.41) is 13.8. The Bertz CT molecular complexity index is 167. The number of rotatable bonds is 7. The van der Waals surface area contributed by atoms with Crippen LogP contribution in [0.15, 0.2) is 0 Å². The molecule has 1 amide bonds. The third kappa shape index (κ3) is 6.73. The first-order valence-electron chi connectivity index (χ1n) is 4.51. The number of aliphatic hydroxyl groups excluding tert-OH is 1. The average molecular weight is 210 g/mol. The Balaban J connectivity index is 3.33. The van der Waals surface area contributed by atoms with Crippen molar-refractivity contribution in [1.82, 2.24) is 10.6 Å². The SMILES string of the molecule is CCNC(=O)CCNCC(O)C(F)F. The Morgan fingerprint density at radius 1 is 1.50 bits per heavy atom. The zero-order valence-electron chi connectivity index (χ0n) is 8.09. The maximum Gasteiger partial charge on any atom is 0.265 e. The molecule has 6 heteroatoms. The summed E-state index contributed by atoms with van der Waals surface area (Å²) < 4.78 is 23.5. The van der Waals surface area contributed by atoms with Gasteiger partial charge in [0.15, 0.2) is 0 Å². The van der Waals surface area contributed by atoms with E-state index in [-0.39, 0.29) is 25.4 Å². The minimum Gasteiger partial charge on any atom is -0.386 e. The topological polar surface area (TPSA) is 61.4 Å². The van der Waals surface area contributed by atoms with E-state index >= 15 is 0 Å². The molecule has 4 nitrogen and oxygen atoms in total. The van der Waals surface area contributed by atoms with Gasteiger partial charge in [0.25, 0.3) is 6.43 Å². The fourth-order valence-electron chi connectivity index (χ4n) is 0.827. The number of alkyl halides is 2. The Labute approximate surface area is 81.7 Å². The van der Waals surface area contributed by atoms with Crippen molar-refractivity contribution in [3.8, 4) is 0 Å². The van der Waals surface area contributed by atoms with Crippen LogP contribution < -0.4 is 10.6 Å². The first-order chi connectivity index (χ1) is 6.57. The number of hydrogen-bond donors (Lipinski definition) is 3. The largest absolute Gasteiger partial charge is 0.386 e. The molecule has 0 aliphatic heterocycles. The standard InChI is InChI=1S/C8H16F2N2O2/c1-2-12-7(14)3-4-11-5-6(13)8(9)10/h6,8,11,13H,2-5H2,1H3,(H,12,14). The van der Waals surface area contributed by atoms with Gasteiger partial charge in [-0.15, -0.1) is 0 Å². The first-order valence-corrected chi connectivity index (χ1v) is 4.51. The number of carbonyl (C=O) groups excluding carboxylic acids is 1. The van der Waals surface area contributed by atoms with Crippen molar-refractivity contribution in [2.75, 3.05) is 19.6 Å². The average Bonchev–Trinajstić information content (AvgIpc) is 2.12. The highest BCUT2D eigenvalue weighted by molar-refractivity contribution is 5.75. The predicted octanol–water partition coefficient (Wildman–Crippen LogP) is -0.272. The summed E-state index contributed by atoms with van der Waals surface area (Å²) in [5.74, 6) is -0.133. The molecule has 84 valence electrons. The van der Waals surface area contributed by atoms with Crippen molar-refractivity contribution in [3.05, 3.63) is 0 Å². The quantitative estimate of drug-likeness (QED) is 0.507. The molecule has 1 atom stereocenters. The zero-order chi connectivity index (χ0) is 11.0. The third-order valence-corrected chi connectivity index (χ3v) is 1.55. The summed E-state index contributed by atoms with van der Waals surface area (Å²) in [6, 6.07) is 0. The van der Waals surface area contributed by atoms with E-state index in [0.29, 0.717) is 6.54 Å². The number of nitrogens with one attached hydrogen (secondary N) is 2. The second-order valence-corrected chi connectivity index (χ2v) is 2.81. The van der Waals surface area contributed by atoms with Crippen LogP contribution in [0.4, 0.5) is 8.78 Å². The van der Waals surface area contributed by atoms with Crippen LogP contribution in [0.3, 0.4) is 0 Å². The van der Waals surface area contributed by atoms with Crippen LogP contribution in [-0.4, -0.2) is 43.2 Å². The van der Waals surface area contributed by atoms with Gasteiger partial charge in [0.2, 0.25) is 5.91 Å². The van der Waals surface area contributed by atoms with Gasteiger partial charge in [-0.25, -0.2) is 8.78 Å². The molecule has 0 heterocycles. The molecular weight excluding hydrogens is 194 g/mol. The maximum absolute atomic E-state index is 11.8. The number of carbonyl (C=O) groups is 1. The van der Waals surface area contributed by atoms with Crippen LogP contribution in [-0.2, 0) is 4.79 Å². The van der Waals surface area contributed by atoms with Crippen LogP contribution in [0.2, 0.25) is 0 Å². The minimum atomic E-state index is -2.74. The summed E-state index contributed by atoms with van der Waals surface area (Å²) >= 11 is 0. The molecule has 14 heavy (non-hydrogen) atoms. The smallest absolute Gasteiger partial charge is 0.265 e. The molecule has 0 aromatic heterocycles. The van der Waals surface area contributed by atoms with Gasteiger partial charge in [-0.3, -0.25) is 4.79 Å². The lowest BCUT2D eigenvalue weighted by Crippen LogP contribution is -2.34. The third-order valence-electron chi connectivity index (χ3n) is 1.55. The molecule has 3 N–H and O–H groups in total. The Morgan fingerprint density at radius 2 is 2.14 bits per heavy atom. The molecule has 0 spiro atoms. The maximum atomic E-state index is 11.8. The molecule has 0 saturated carbocycles. The van der Waals surface area contributed by atoms with Gasteiger partial charge in [0, 0.05) is 26.1 Å². The van der Waals surface area contributed by atoms with Crippen LogP contribution in [0, 0.1) is 0 Å². The van der Waals surface area contributed by atoms with Crippen LogP contribution in [0.25, 0.3) is 0 Å². The van der Waals surface area contributed by atoms with Crippen molar-refractivity contribution in [2.45, 2.75) is 25.9 Å². The molecule has 0 rings (SSSR count). The minimum absolute atomic E-state index is 0.133. The lowest BCUT2D eigenvalue weighted by atomic mass is 10.3. The van der Waals surface area contributed by atoms with E-state index in [1.54, 1.807) is 6.92 Å². The van der Waals surface area contributed by atoms with Gasteiger partial charge in [-0.05, 0) is 6.92 Å². The number of halogens is 2. The molecule has 0 aromatic rings. The number of hydrogen-bond acceptors (Lipinski definition) is 3. The second-order valence-electron chi connectivity index (χ2n) is 2.81. The van der Waals surface area contributed by atoms with Crippen molar-refractivity contribution < 1.29 is 18.7 Å². The van der Waals surface area contributed by atoms with Crippen molar-refractivity contribution in [2.24, 2.45) is 0 Å². The molecule has 0 bridgehead atoms. The van der Waals surface area contributed by atoms with Gasteiger partial charge < -0.3 is 15.7 Å². The molecule has 0 aliphatic carbocycles. The van der Waals surface area contributed by atoms with E-state index in [1.165, 1.54) is 0 Å². The van der Waals surface area contributed by atoms with Crippen molar-refractivity contribution in [3.63, 3.8) is 0 Å². The fourth-order valence-corrected chi connectivity index (χ4v) is 0.827. The monoisotopic (exact) mass is 210 g/mol. The molecule has 0 aromatic carbocycles.